The number of rotatable bonds is 5. The number of hydrogen-bond acceptors (Lipinski definition) is 3. The molecule has 1 aromatic heterocycles. The molecule has 0 aliphatic carbocycles. The number of nitrogen functional groups attached to an aromatic ring is 1. The molecule has 3 heteroatoms. The summed E-state index contributed by atoms with van der Waals surface area (Å²) in [5.41, 5.74) is 6.43. The molecular formula is C10H17N3. The van der Waals surface area contributed by atoms with Gasteiger partial charge in [-0.1, -0.05) is 19.8 Å². The number of unbranched alkanes of at least 4 members (excludes halogenated alkanes) is 2. The first kappa shape index (κ1) is 9.84. The highest BCUT2D eigenvalue weighted by Crippen LogP contribution is 2.12. The van der Waals surface area contributed by atoms with E-state index in [1.165, 1.54) is 19.3 Å². The predicted molar refractivity (Wildman–Crippen MR) is 56.7 cm³/mol. The van der Waals surface area contributed by atoms with Crippen LogP contribution in [-0.2, 0) is 0 Å². The summed E-state index contributed by atoms with van der Waals surface area (Å²) in [5, 5.41) is 3.21. The minimum atomic E-state index is 0.721. The van der Waals surface area contributed by atoms with Crippen molar-refractivity contribution < 1.29 is 0 Å². The number of nitrogens with one attached hydrogen (secondary N) is 1. The van der Waals surface area contributed by atoms with Gasteiger partial charge in [0.15, 0.2) is 0 Å². The van der Waals surface area contributed by atoms with E-state index in [0.717, 1.165) is 18.1 Å². The van der Waals surface area contributed by atoms with Crippen molar-refractivity contribution in [3.05, 3.63) is 18.3 Å². The molecule has 0 spiro atoms. The van der Waals surface area contributed by atoms with E-state index in [4.69, 9.17) is 5.73 Å². The number of pyridine rings is 1. The number of aromatic nitrogens is 1. The van der Waals surface area contributed by atoms with Crippen molar-refractivity contribution in [2.24, 2.45) is 0 Å². The molecule has 0 atom stereocenters. The minimum absolute atomic E-state index is 0.721. The van der Waals surface area contributed by atoms with Gasteiger partial charge in [0.2, 0.25) is 0 Å². The van der Waals surface area contributed by atoms with E-state index < -0.39 is 0 Å². The van der Waals surface area contributed by atoms with Crippen molar-refractivity contribution in [1.82, 2.24) is 4.98 Å². The Labute approximate surface area is 79.4 Å². The zero-order chi connectivity index (χ0) is 9.52. The molecule has 0 bridgehead atoms. The van der Waals surface area contributed by atoms with E-state index in [9.17, 15) is 0 Å². The Morgan fingerprint density at radius 3 is 3.00 bits per heavy atom. The summed E-state index contributed by atoms with van der Waals surface area (Å²) in [6.07, 6.45) is 5.41. The summed E-state index contributed by atoms with van der Waals surface area (Å²) in [7, 11) is 0. The predicted octanol–water partition coefficient (Wildman–Crippen LogP) is 2.27. The molecule has 0 aliphatic rings. The smallest absolute Gasteiger partial charge is 0.149 e. The highest BCUT2D eigenvalue weighted by atomic mass is 15.0. The van der Waals surface area contributed by atoms with Crippen molar-refractivity contribution in [2.45, 2.75) is 26.2 Å². The maximum Gasteiger partial charge on any atom is 0.149 e. The summed E-state index contributed by atoms with van der Waals surface area (Å²) in [5.74, 6) is 0.804. The van der Waals surface area contributed by atoms with Crippen LogP contribution in [0.25, 0.3) is 0 Å². The van der Waals surface area contributed by atoms with Gasteiger partial charge in [-0.2, -0.15) is 0 Å². The van der Waals surface area contributed by atoms with Gasteiger partial charge in [0, 0.05) is 12.7 Å². The standard InChI is InChI=1S/C10H17N3/c1-2-3-4-7-12-10-9(11)6-5-8-13-10/h5-6,8H,2-4,7,11H2,1H3,(H,12,13). The fraction of sp³-hybridized carbons (Fsp3) is 0.500. The van der Waals surface area contributed by atoms with Crippen LogP contribution in [0.5, 0.6) is 0 Å². The Bertz CT molecular complexity index is 248. The SMILES string of the molecule is CCCCCNc1ncccc1N. The minimum Gasteiger partial charge on any atom is -0.396 e. The second-order valence-corrected chi connectivity index (χ2v) is 3.08. The Balaban J connectivity index is 2.32. The molecule has 0 aliphatic heterocycles. The molecule has 0 aromatic carbocycles. The van der Waals surface area contributed by atoms with Crippen molar-refractivity contribution in [2.75, 3.05) is 17.6 Å². The average molecular weight is 179 g/mol. The maximum atomic E-state index is 5.71. The van der Waals surface area contributed by atoms with Crippen LogP contribution in [-0.4, -0.2) is 11.5 Å². The van der Waals surface area contributed by atoms with Gasteiger partial charge in [0.1, 0.15) is 5.82 Å². The van der Waals surface area contributed by atoms with E-state index >= 15 is 0 Å². The molecule has 0 radical (unpaired) electrons. The molecule has 0 fully saturated rings. The van der Waals surface area contributed by atoms with Gasteiger partial charge in [-0.3, -0.25) is 0 Å². The van der Waals surface area contributed by atoms with E-state index in [-0.39, 0.29) is 0 Å². The quantitative estimate of drug-likeness (QED) is 0.682. The summed E-state index contributed by atoms with van der Waals surface area (Å²) < 4.78 is 0. The van der Waals surface area contributed by atoms with Crippen LogP contribution in [0.15, 0.2) is 18.3 Å². The summed E-state index contributed by atoms with van der Waals surface area (Å²) in [6, 6.07) is 3.70. The van der Waals surface area contributed by atoms with Gasteiger partial charge < -0.3 is 11.1 Å². The van der Waals surface area contributed by atoms with Crippen LogP contribution in [0, 0.1) is 0 Å². The van der Waals surface area contributed by atoms with Crippen molar-refractivity contribution in [3.8, 4) is 0 Å². The molecule has 3 N–H and O–H groups in total. The van der Waals surface area contributed by atoms with Crippen LogP contribution in [0.3, 0.4) is 0 Å². The molecule has 0 saturated heterocycles. The zero-order valence-electron chi connectivity index (χ0n) is 8.09. The lowest BCUT2D eigenvalue weighted by molar-refractivity contribution is 0.742. The van der Waals surface area contributed by atoms with Gasteiger partial charge >= 0.3 is 0 Å². The second kappa shape index (κ2) is 5.41. The van der Waals surface area contributed by atoms with Gasteiger partial charge in [-0.05, 0) is 18.6 Å². The molecule has 13 heavy (non-hydrogen) atoms. The summed E-state index contributed by atoms with van der Waals surface area (Å²) >= 11 is 0. The third-order valence-corrected chi connectivity index (χ3v) is 1.91. The molecule has 1 aromatic rings. The fourth-order valence-electron chi connectivity index (χ4n) is 1.15. The molecule has 0 unspecified atom stereocenters. The Kier molecular flexibility index (Phi) is 4.09. The molecule has 3 nitrogen and oxygen atoms in total. The van der Waals surface area contributed by atoms with E-state index in [1.807, 2.05) is 12.1 Å². The van der Waals surface area contributed by atoms with Gasteiger partial charge in [0.05, 0.1) is 5.69 Å². The first-order valence-electron chi connectivity index (χ1n) is 4.79. The number of anilines is 2. The monoisotopic (exact) mass is 179 g/mol. The maximum absolute atomic E-state index is 5.71. The van der Waals surface area contributed by atoms with E-state index in [1.54, 1.807) is 6.20 Å². The Morgan fingerprint density at radius 2 is 2.31 bits per heavy atom. The molecule has 0 saturated carbocycles. The molecular weight excluding hydrogens is 162 g/mol. The first-order chi connectivity index (χ1) is 6.34. The van der Waals surface area contributed by atoms with Crippen molar-refractivity contribution in [1.29, 1.82) is 0 Å². The molecule has 1 heterocycles. The van der Waals surface area contributed by atoms with Crippen LogP contribution < -0.4 is 11.1 Å². The zero-order valence-corrected chi connectivity index (χ0v) is 8.09. The first-order valence-corrected chi connectivity index (χ1v) is 4.79. The third-order valence-electron chi connectivity index (χ3n) is 1.91. The lowest BCUT2D eigenvalue weighted by Gasteiger charge is -2.06. The lowest BCUT2D eigenvalue weighted by Crippen LogP contribution is -2.05. The summed E-state index contributed by atoms with van der Waals surface area (Å²) in [6.45, 7) is 3.14. The van der Waals surface area contributed by atoms with Crippen molar-refractivity contribution in [3.63, 3.8) is 0 Å². The highest BCUT2D eigenvalue weighted by Gasteiger charge is 1.96. The van der Waals surface area contributed by atoms with Crippen LogP contribution >= 0.6 is 0 Å². The number of nitrogens with zero attached hydrogens (tertiary/aromatic N) is 1. The fourth-order valence-corrected chi connectivity index (χ4v) is 1.15. The van der Waals surface area contributed by atoms with Gasteiger partial charge in [0.25, 0.3) is 0 Å². The van der Waals surface area contributed by atoms with Gasteiger partial charge in [-0.25, -0.2) is 4.98 Å². The lowest BCUT2D eigenvalue weighted by atomic mass is 10.2. The Morgan fingerprint density at radius 1 is 1.46 bits per heavy atom. The highest BCUT2D eigenvalue weighted by molar-refractivity contribution is 5.60. The van der Waals surface area contributed by atoms with Gasteiger partial charge in [-0.15, -0.1) is 0 Å². The molecule has 1 rings (SSSR count). The number of hydrogen-bond donors (Lipinski definition) is 2. The van der Waals surface area contributed by atoms with Crippen LogP contribution in [0.4, 0.5) is 11.5 Å². The van der Waals surface area contributed by atoms with E-state index in [2.05, 4.69) is 17.2 Å². The number of nitrogens with two attached hydrogens (primary N) is 1. The molecule has 0 amide bonds. The Hall–Kier alpha value is -1.25. The average Bonchev–Trinajstić information content (AvgIpc) is 2.15. The van der Waals surface area contributed by atoms with E-state index in [0.29, 0.717) is 0 Å². The van der Waals surface area contributed by atoms with Crippen LogP contribution in [0.1, 0.15) is 26.2 Å². The normalized spacial score (nSPS) is 9.92. The van der Waals surface area contributed by atoms with Crippen molar-refractivity contribution >= 4 is 11.5 Å². The topological polar surface area (TPSA) is 50.9 Å². The third kappa shape index (κ3) is 3.32. The van der Waals surface area contributed by atoms with Crippen LogP contribution in [0.2, 0.25) is 0 Å². The largest absolute Gasteiger partial charge is 0.396 e. The summed E-state index contributed by atoms with van der Waals surface area (Å²) in [4.78, 5) is 4.14. The second-order valence-electron chi connectivity index (χ2n) is 3.08. The molecule has 72 valence electrons.